The molecule has 4 nitrogen and oxygen atoms in total. The maximum Gasteiger partial charge on any atom is 0.266 e. The molecular formula is C20H20N2O2. The first-order chi connectivity index (χ1) is 11.7. The second kappa shape index (κ2) is 8.54. The van der Waals surface area contributed by atoms with Gasteiger partial charge in [-0.3, -0.25) is 4.79 Å². The molecule has 0 aromatic heterocycles. The molecule has 4 heteroatoms. The van der Waals surface area contributed by atoms with Crippen molar-refractivity contribution in [1.29, 1.82) is 5.26 Å². The molecule has 1 amide bonds. The smallest absolute Gasteiger partial charge is 0.266 e. The van der Waals surface area contributed by atoms with E-state index in [0.29, 0.717) is 6.61 Å². The van der Waals surface area contributed by atoms with Crippen molar-refractivity contribution in [3.8, 4) is 11.8 Å². The highest BCUT2D eigenvalue weighted by Crippen LogP contribution is 2.18. The van der Waals surface area contributed by atoms with Crippen molar-refractivity contribution in [2.45, 2.75) is 20.3 Å². The van der Waals surface area contributed by atoms with E-state index < -0.39 is 5.91 Å². The minimum absolute atomic E-state index is 0.0602. The molecule has 0 heterocycles. The summed E-state index contributed by atoms with van der Waals surface area (Å²) in [5.74, 6) is 0.349. The standard InChI is InChI=1S/C20H20N2O2/c1-3-16-7-5-6-8-19(16)22-20(23)17(14-21)13-15-9-11-18(12-10-15)24-4-2/h5-13H,3-4H2,1-2H3,(H,22,23)/b17-13+. The van der Waals surface area contributed by atoms with Gasteiger partial charge in [-0.15, -0.1) is 0 Å². The van der Waals surface area contributed by atoms with E-state index in [4.69, 9.17) is 4.74 Å². The Morgan fingerprint density at radius 1 is 1.17 bits per heavy atom. The SMILES string of the molecule is CCOc1ccc(/C=C(\C#N)C(=O)Nc2ccccc2CC)cc1. The van der Waals surface area contributed by atoms with E-state index in [-0.39, 0.29) is 5.57 Å². The summed E-state index contributed by atoms with van der Waals surface area (Å²) < 4.78 is 5.38. The van der Waals surface area contributed by atoms with Crippen molar-refractivity contribution >= 4 is 17.7 Å². The van der Waals surface area contributed by atoms with Crippen molar-refractivity contribution in [3.05, 3.63) is 65.2 Å². The predicted octanol–water partition coefficient (Wildman–Crippen LogP) is 4.19. The summed E-state index contributed by atoms with van der Waals surface area (Å²) >= 11 is 0. The molecule has 122 valence electrons. The fourth-order valence-corrected chi connectivity index (χ4v) is 2.28. The molecule has 1 N–H and O–H groups in total. The molecule has 0 aliphatic carbocycles. The summed E-state index contributed by atoms with van der Waals surface area (Å²) in [5.41, 5.74) is 2.60. The molecule has 0 saturated carbocycles. The van der Waals surface area contributed by atoms with E-state index in [1.807, 2.05) is 68.4 Å². The highest BCUT2D eigenvalue weighted by atomic mass is 16.5. The van der Waals surface area contributed by atoms with Crippen molar-refractivity contribution in [2.24, 2.45) is 0 Å². The van der Waals surface area contributed by atoms with Crippen molar-refractivity contribution in [1.82, 2.24) is 0 Å². The van der Waals surface area contributed by atoms with Gasteiger partial charge < -0.3 is 10.1 Å². The van der Waals surface area contributed by atoms with Crippen LogP contribution in [-0.2, 0) is 11.2 Å². The van der Waals surface area contributed by atoms with Crippen LogP contribution in [0.3, 0.4) is 0 Å². The molecule has 0 aliphatic heterocycles. The number of amides is 1. The summed E-state index contributed by atoms with van der Waals surface area (Å²) in [4.78, 5) is 12.4. The average molecular weight is 320 g/mol. The number of ether oxygens (including phenoxy) is 1. The topological polar surface area (TPSA) is 62.1 Å². The molecule has 24 heavy (non-hydrogen) atoms. The van der Waals surface area contributed by atoms with Gasteiger partial charge in [0.15, 0.2) is 0 Å². The number of hydrogen-bond acceptors (Lipinski definition) is 3. The second-order valence-electron chi connectivity index (χ2n) is 5.14. The predicted molar refractivity (Wildman–Crippen MR) is 95.7 cm³/mol. The quantitative estimate of drug-likeness (QED) is 0.641. The van der Waals surface area contributed by atoms with Crippen molar-refractivity contribution in [3.63, 3.8) is 0 Å². The van der Waals surface area contributed by atoms with Crippen LogP contribution in [0.25, 0.3) is 6.08 Å². The van der Waals surface area contributed by atoms with E-state index in [0.717, 1.165) is 29.0 Å². The fraction of sp³-hybridized carbons (Fsp3) is 0.200. The largest absolute Gasteiger partial charge is 0.494 e. The highest BCUT2D eigenvalue weighted by Gasteiger charge is 2.11. The van der Waals surface area contributed by atoms with Gasteiger partial charge in [0.05, 0.1) is 6.61 Å². The van der Waals surface area contributed by atoms with Crippen LogP contribution in [0, 0.1) is 11.3 Å². The molecule has 0 saturated heterocycles. The highest BCUT2D eigenvalue weighted by molar-refractivity contribution is 6.09. The van der Waals surface area contributed by atoms with Crippen molar-refractivity contribution < 1.29 is 9.53 Å². The van der Waals surface area contributed by atoms with Gasteiger partial charge in [-0.1, -0.05) is 37.3 Å². The Hall–Kier alpha value is -3.06. The zero-order valence-corrected chi connectivity index (χ0v) is 13.9. The van der Waals surface area contributed by atoms with Crippen LogP contribution in [-0.4, -0.2) is 12.5 Å². The van der Waals surface area contributed by atoms with Crippen LogP contribution < -0.4 is 10.1 Å². The van der Waals surface area contributed by atoms with E-state index in [1.165, 1.54) is 0 Å². The molecule has 0 atom stereocenters. The molecule has 2 aromatic rings. The number of para-hydroxylation sites is 1. The van der Waals surface area contributed by atoms with Crippen molar-refractivity contribution in [2.75, 3.05) is 11.9 Å². The first-order valence-electron chi connectivity index (χ1n) is 7.91. The number of carbonyl (C=O) groups excluding carboxylic acids is 1. The van der Waals surface area contributed by atoms with Crippen LogP contribution in [0.2, 0.25) is 0 Å². The molecule has 2 aromatic carbocycles. The number of anilines is 1. The zero-order chi connectivity index (χ0) is 17.4. The normalized spacial score (nSPS) is 10.8. The number of hydrogen-bond donors (Lipinski definition) is 1. The second-order valence-corrected chi connectivity index (χ2v) is 5.14. The maximum atomic E-state index is 12.4. The Labute approximate surface area is 142 Å². The molecule has 0 unspecified atom stereocenters. The number of carbonyl (C=O) groups is 1. The third kappa shape index (κ3) is 4.47. The number of nitriles is 1. The maximum absolute atomic E-state index is 12.4. The summed E-state index contributed by atoms with van der Waals surface area (Å²) in [6.45, 7) is 4.53. The summed E-state index contributed by atoms with van der Waals surface area (Å²) in [7, 11) is 0. The van der Waals surface area contributed by atoms with E-state index in [9.17, 15) is 10.1 Å². The number of nitrogens with zero attached hydrogens (tertiary/aromatic N) is 1. The molecule has 0 aliphatic rings. The van der Waals surface area contributed by atoms with Crippen LogP contribution in [0.4, 0.5) is 5.69 Å². The third-order valence-electron chi connectivity index (χ3n) is 3.51. The van der Waals surface area contributed by atoms with E-state index in [1.54, 1.807) is 6.08 Å². The molecule has 2 rings (SSSR count). The van der Waals surface area contributed by atoms with E-state index in [2.05, 4.69) is 5.32 Å². The molecule has 0 spiro atoms. The van der Waals surface area contributed by atoms with Gasteiger partial charge >= 0.3 is 0 Å². The van der Waals surface area contributed by atoms with Crippen LogP contribution in [0.5, 0.6) is 5.75 Å². The Bertz CT molecular complexity index is 771. The van der Waals surface area contributed by atoms with Crippen LogP contribution in [0.1, 0.15) is 25.0 Å². The Balaban J connectivity index is 2.18. The molecule has 0 fully saturated rings. The number of aryl methyl sites for hydroxylation is 1. The summed E-state index contributed by atoms with van der Waals surface area (Å²) in [6, 6.07) is 16.8. The first kappa shape index (κ1) is 17.3. The lowest BCUT2D eigenvalue weighted by atomic mass is 10.1. The van der Waals surface area contributed by atoms with Gasteiger partial charge in [-0.05, 0) is 48.7 Å². The van der Waals surface area contributed by atoms with E-state index >= 15 is 0 Å². The van der Waals surface area contributed by atoms with Gasteiger partial charge in [-0.2, -0.15) is 5.26 Å². The number of nitrogens with one attached hydrogen (secondary N) is 1. The lowest BCUT2D eigenvalue weighted by Crippen LogP contribution is -2.14. The fourth-order valence-electron chi connectivity index (χ4n) is 2.28. The van der Waals surface area contributed by atoms with Gasteiger partial charge in [0.1, 0.15) is 17.4 Å². The number of benzene rings is 2. The third-order valence-corrected chi connectivity index (χ3v) is 3.51. The molecule has 0 bridgehead atoms. The first-order valence-corrected chi connectivity index (χ1v) is 7.91. The summed E-state index contributed by atoms with van der Waals surface area (Å²) in [6.07, 6.45) is 2.38. The van der Waals surface area contributed by atoms with Gasteiger partial charge in [0.2, 0.25) is 0 Å². The summed E-state index contributed by atoms with van der Waals surface area (Å²) in [5, 5.41) is 12.1. The monoisotopic (exact) mass is 320 g/mol. The minimum Gasteiger partial charge on any atom is -0.494 e. The van der Waals surface area contributed by atoms with Gasteiger partial charge in [-0.25, -0.2) is 0 Å². The van der Waals surface area contributed by atoms with Gasteiger partial charge in [0.25, 0.3) is 5.91 Å². The zero-order valence-electron chi connectivity index (χ0n) is 13.9. The lowest BCUT2D eigenvalue weighted by molar-refractivity contribution is -0.112. The van der Waals surface area contributed by atoms with Crippen LogP contribution in [0.15, 0.2) is 54.1 Å². The average Bonchev–Trinajstić information content (AvgIpc) is 2.61. The lowest BCUT2D eigenvalue weighted by Gasteiger charge is -2.09. The Morgan fingerprint density at radius 2 is 1.88 bits per heavy atom. The Kier molecular flexibility index (Phi) is 6.16. The van der Waals surface area contributed by atoms with Gasteiger partial charge in [0, 0.05) is 5.69 Å². The minimum atomic E-state index is -0.410. The Morgan fingerprint density at radius 3 is 2.50 bits per heavy atom. The van der Waals surface area contributed by atoms with Crippen LogP contribution >= 0.6 is 0 Å². The molecule has 0 radical (unpaired) electrons. The number of rotatable bonds is 6. The molecular weight excluding hydrogens is 300 g/mol.